The van der Waals surface area contributed by atoms with Crippen molar-refractivity contribution in [1.29, 1.82) is 0 Å². The van der Waals surface area contributed by atoms with Gasteiger partial charge in [0.2, 0.25) is 0 Å². The number of carbonyl (C=O) groups excluding carboxylic acids is 1. The number of halogens is 2. The maximum atomic E-state index is 12.5. The zero-order chi connectivity index (χ0) is 15.5. The van der Waals surface area contributed by atoms with Gasteiger partial charge < -0.3 is 15.4 Å². The maximum Gasteiger partial charge on any atom is 0.265 e. The standard InChI is InChI=1S/C16H10Br2N2O2/c17-8-5-10-14(12(18)6-8)20-15(21)16(10,22)11-7-19-13-4-2-1-3-9(11)13/h1-7,19,22H,(H,20,21)/t16-/m1/s1. The van der Waals surface area contributed by atoms with Crippen molar-refractivity contribution in [2.75, 3.05) is 5.32 Å². The molecule has 22 heavy (non-hydrogen) atoms. The van der Waals surface area contributed by atoms with Crippen LogP contribution in [0.2, 0.25) is 0 Å². The Hall–Kier alpha value is -1.63. The lowest BCUT2D eigenvalue weighted by atomic mass is 9.87. The van der Waals surface area contributed by atoms with E-state index in [0.717, 1.165) is 19.8 Å². The van der Waals surface area contributed by atoms with Crippen LogP contribution in [-0.4, -0.2) is 16.0 Å². The Labute approximate surface area is 142 Å². The molecule has 0 aliphatic carbocycles. The van der Waals surface area contributed by atoms with E-state index in [-0.39, 0.29) is 0 Å². The van der Waals surface area contributed by atoms with Crippen molar-refractivity contribution < 1.29 is 9.90 Å². The molecule has 2 aromatic carbocycles. The molecular formula is C16H10Br2N2O2. The molecule has 0 fully saturated rings. The van der Waals surface area contributed by atoms with E-state index in [2.05, 4.69) is 42.2 Å². The number of rotatable bonds is 1. The second-order valence-electron chi connectivity index (χ2n) is 5.22. The third kappa shape index (κ3) is 1.74. The number of benzene rings is 2. The molecule has 3 aromatic rings. The molecule has 4 rings (SSSR count). The average molecular weight is 422 g/mol. The molecule has 1 aromatic heterocycles. The SMILES string of the molecule is O=C1Nc2c(Br)cc(Br)cc2[C@@]1(O)c1c[nH]c2ccccc12. The molecule has 2 heterocycles. The first-order chi connectivity index (χ1) is 10.5. The molecule has 0 saturated carbocycles. The van der Waals surface area contributed by atoms with E-state index in [1.54, 1.807) is 12.3 Å². The minimum atomic E-state index is -1.72. The number of aromatic nitrogens is 1. The summed E-state index contributed by atoms with van der Waals surface area (Å²) in [5.74, 6) is -0.453. The van der Waals surface area contributed by atoms with E-state index in [0.29, 0.717) is 16.8 Å². The number of para-hydroxylation sites is 1. The summed E-state index contributed by atoms with van der Waals surface area (Å²) >= 11 is 6.84. The Morgan fingerprint density at radius 2 is 1.86 bits per heavy atom. The number of aromatic amines is 1. The van der Waals surface area contributed by atoms with Crippen LogP contribution in [0.25, 0.3) is 10.9 Å². The van der Waals surface area contributed by atoms with Crippen molar-refractivity contribution in [3.05, 3.63) is 62.7 Å². The van der Waals surface area contributed by atoms with Crippen molar-refractivity contribution >= 4 is 54.4 Å². The molecule has 1 amide bonds. The summed E-state index contributed by atoms with van der Waals surface area (Å²) in [7, 11) is 0. The smallest absolute Gasteiger partial charge is 0.265 e. The molecule has 6 heteroatoms. The number of hydrogen-bond acceptors (Lipinski definition) is 2. The predicted molar refractivity (Wildman–Crippen MR) is 91.8 cm³/mol. The molecule has 0 radical (unpaired) electrons. The summed E-state index contributed by atoms with van der Waals surface area (Å²) in [6.07, 6.45) is 1.69. The van der Waals surface area contributed by atoms with Crippen molar-refractivity contribution in [2.45, 2.75) is 5.60 Å². The Balaban J connectivity index is 2.05. The van der Waals surface area contributed by atoms with Crippen molar-refractivity contribution in [1.82, 2.24) is 4.98 Å². The quantitative estimate of drug-likeness (QED) is 0.558. The summed E-state index contributed by atoms with van der Waals surface area (Å²) < 4.78 is 1.51. The minimum Gasteiger partial charge on any atom is -0.372 e. The molecule has 3 N–H and O–H groups in total. The van der Waals surface area contributed by atoms with Crippen LogP contribution in [0, 0.1) is 0 Å². The lowest BCUT2D eigenvalue weighted by Gasteiger charge is -2.20. The zero-order valence-electron chi connectivity index (χ0n) is 11.2. The van der Waals surface area contributed by atoms with E-state index in [1.165, 1.54) is 0 Å². The van der Waals surface area contributed by atoms with E-state index in [1.807, 2.05) is 30.3 Å². The fourth-order valence-electron chi connectivity index (χ4n) is 2.95. The highest BCUT2D eigenvalue weighted by Gasteiger charge is 2.49. The first-order valence-electron chi connectivity index (χ1n) is 6.62. The van der Waals surface area contributed by atoms with E-state index in [9.17, 15) is 9.90 Å². The monoisotopic (exact) mass is 420 g/mol. The number of H-pyrrole nitrogens is 1. The lowest BCUT2D eigenvalue weighted by molar-refractivity contribution is -0.129. The molecule has 4 nitrogen and oxygen atoms in total. The highest BCUT2D eigenvalue weighted by atomic mass is 79.9. The maximum absolute atomic E-state index is 12.5. The van der Waals surface area contributed by atoms with Crippen molar-refractivity contribution in [2.24, 2.45) is 0 Å². The van der Waals surface area contributed by atoms with E-state index < -0.39 is 11.5 Å². The van der Waals surface area contributed by atoms with Gasteiger partial charge in [-0.1, -0.05) is 34.1 Å². The van der Waals surface area contributed by atoms with E-state index >= 15 is 0 Å². The van der Waals surface area contributed by atoms with Gasteiger partial charge in [0.1, 0.15) is 0 Å². The van der Waals surface area contributed by atoms with Gasteiger partial charge in [0.25, 0.3) is 5.91 Å². The number of carbonyl (C=O) groups is 1. The van der Waals surface area contributed by atoms with Gasteiger partial charge in [0.05, 0.1) is 5.69 Å². The molecule has 1 aliphatic rings. The van der Waals surface area contributed by atoms with Crippen LogP contribution in [0.5, 0.6) is 0 Å². The summed E-state index contributed by atoms with van der Waals surface area (Å²) in [6, 6.07) is 11.2. The molecule has 110 valence electrons. The second kappa shape index (κ2) is 4.68. The number of anilines is 1. The molecular weight excluding hydrogens is 412 g/mol. The van der Waals surface area contributed by atoms with Crippen LogP contribution >= 0.6 is 31.9 Å². The van der Waals surface area contributed by atoms with Crippen LogP contribution in [0.3, 0.4) is 0 Å². The second-order valence-corrected chi connectivity index (χ2v) is 6.99. The van der Waals surface area contributed by atoms with Crippen LogP contribution in [0.15, 0.2) is 51.5 Å². The highest BCUT2D eigenvalue weighted by molar-refractivity contribution is 9.11. The van der Waals surface area contributed by atoms with Gasteiger partial charge in [0, 0.05) is 37.2 Å². The van der Waals surface area contributed by atoms with Crippen LogP contribution in [0.4, 0.5) is 5.69 Å². The van der Waals surface area contributed by atoms with Crippen molar-refractivity contribution in [3.63, 3.8) is 0 Å². The first kappa shape index (κ1) is 14.0. The molecule has 0 saturated heterocycles. The van der Waals surface area contributed by atoms with Gasteiger partial charge >= 0.3 is 0 Å². The van der Waals surface area contributed by atoms with E-state index in [4.69, 9.17) is 0 Å². The fourth-order valence-corrected chi connectivity index (χ4v) is 4.27. The van der Waals surface area contributed by atoms with Gasteiger partial charge in [-0.25, -0.2) is 0 Å². The Morgan fingerprint density at radius 3 is 2.68 bits per heavy atom. The van der Waals surface area contributed by atoms with Gasteiger partial charge in [-0.05, 0) is 34.1 Å². The largest absolute Gasteiger partial charge is 0.372 e. The Kier molecular flexibility index (Phi) is 2.98. The average Bonchev–Trinajstić information content (AvgIpc) is 3.02. The third-order valence-corrected chi connectivity index (χ3v) is 5.07. The molecule has 0 spiro atoms. The number of aliphatic hydroxyl groups is 1. The summed E-state index contributed by atoms with van der Waals surface area (Å²) in [5.41, 5.74) is 0.830. The summed E-state index contributed by atoms with van der Waals surface area (Å²) in [6.45, 7) is 0. The minimum absolute atomic E-state index is 0.453. The molecule has 0 bridgehead atoms. The van der Waals surface area contributed by atoms with Crippen LogP contribution in [-0.2, 0) is 10.4 Å². The first-order valence-corrected chi connectivity index (χ1v) is 8.20. The van der Waals surface area contributed by atoms with Gasteiger partial charge in [-0.3, -0.25) is 4.79 Å². The Bertz CT molecular complexity index is 935. The van der Waals surface area contributed by atoms with Gasteiger partial charge in [-0.15, -0.1) is 0 Å². The van der Waals surface area contributed by atoms with Gasteiger partial charge in [0.15, 0.2) is 5.60 Å². The number of amides is 1. The predicted octanol–water partition coefficient (Wildman–Crippen LogP) is 3.88. The van der Waals surface area contributed by atoms with Gasteiger partial charge in [-0.2, -0.15) is 0 Å². The zero-order valence-corrected chi connectivity index (χ0v) is 14.3. The topological polar surface area (TPSA) is 65.1 Å². The van der Waals surface area contributed by atoms with Crippen molar-refractivity contribution in [3.8, 4) is 0 Å². The molecule has 1 aliphatic heterocycles. The normalized spacial score (nSPS) is 20.2. The number of fused-ring (bicyclic) bond motifs is 2. The molecule has 1 atom stereocenters. The third-order valence-electron chi connectivity index (χ3n) is 3.99. The lowest BCUT2D eigenvalue weighted by Crippen LogP contribution is -2.35. The van der Waals surface area contributed by atoms with Crippen LogP contribution in [0.1, 0.15) is 11.1 Å². The highest BCUT2D eigenvalue weighted by Crippen LogP contribution is 2.47. The Morgan fingerprint density at radius 1 is 1.09 bits per heavy atom. The number of hydrogen-bond donors (Lipinski definition) is 3. The summed E-state index contributed by atoms with van der Waals surface area (Å²) in [4.78, 5) is 15.7. The summed E-state index contributed by atoms with van der Waals surface area (Å²) in [5, 5.41) is 14.8. The fraction of sp³-hybridized carbons (Fsp3) is 0.0625. The van der Waals surface area contributed by atoms with Crippen LogP contribution < -0.4 is 5.32 Å². The molecule has 0 unspecified atom stereocenters. The number of nitrogens with one attached hydrogen (secondary N) is 2.